The van der Waals surface area contributed by atoms with Crippen molar-refractivity contribution >= 4 is 0 Å². The Morgan fingerprint density at radius 1 is 1.33 bits per heavy atom. The number of aromatic nitrogens is 2. The van der Waals surface area contributed by atoms with Crippen LogP contribution in [0.5, 0.6) is 0 Å². The van der Waals surface area contributed by atoms with Crippen molar-refractivity contribution in [1.29, 1.82) is 0 Å². The molecule has 0 saturated heterocycles. The number of rotatable bonds is 0. The Hall–Kier alpha value is -0.920. The monoisotopic (exact) mass is 79.0 g/mol. The first-order valence-corrected chi connectivity index (χ1v) is 1.63. The summed E-state index contributed by atoms with van der Waals surface area (Å²) in [5.74, 6) is 0. The molecule has 2 heteroatoms. The largest absolute Gasteiger partial charge is 0.159 e. The molecule has 0 aromatic carbocycles. The van der Waals surface area contributed by atoms with Gasteiger partial charge in [-0.2, -0.15) is 10.2 Å². The zero-order valence-electron chi connectivity index (χ0n) is 3.13. The molecular weight excluding hydrogens is 76.1 g/mol. The Balaban J connectivity index is 3.00. The highest BCUT2D eigenvalue weighted by Gasteiger charge is 1.60. The number of nitrogens with zero attached hydrogens (tertiary/aromatic N) is 2. The smallest absolute Gasteiger partial charge is 0.0575 e. The lowest BCUT2D eigenvalue weighted by Crippen LogP contribution is -1.70. The van der Waals surface area contributed by atoms with Crippen LogP contribution in [0, 0.1) is 6.07 Å². The van der Waals surface area contributed by atoms with E-state index in [9.17, 15) is 0 Å². The number of hydrogen-bond acceptors (Lipinski definition) is 2. The molecule has 6 heavy (non-hydrogen) atoms. The first-order valence-electron chi connectivity index (χ1n) is 1.63. The van der Waals surface area contributed by atoms with Crippen LogP contribution in [0.2, 0.25) is 0 Å². The predicted octanol–water partition coefficient (Wildman–Crippen LogP) is 0.277. The standard InChI is InChI=1S/C4H3N2/c1-2-4-6-5-3-1/h1,3-4H. The van der Waals surface area contributed by atoms with E-state index in [1.165, 1.54) is 6.20 Å². The summed E-state index contributed by atoms with van der Waals surface area (Å²) in [6, 6.07) is 4.42. The molecule has 2 nitrogen and oxygen atoms in total. The highest BCUT2D eigenvalue weighted by molar-refractivity contribution is 4.76. The third-order valence-electron chi connectivity index (χ3n) is 0.436. The molecule has 1 rings (SSSR count). The fraction of sp³-hybridized carbons (Fsp3) is 0. The molecule has 0 bridgehead atoms. The van der Waals surface area contributed by atoms with Gasteiger partial charge in [-0.25, -0.2) is 0 Å². The van der Waals surface area contributed by atoms with Crippen molar-refractivity contribution in [1.82, 2.24) is 10.2 Å². The van der Waals surface area contributed by atoms with Crippen molar-refractivity contribution in [3.63, 3.8) is 0 Å². The van der Waals surface area contributed by atoms with Crippen molar-refractivity contribution < 1.29 is 0 Å². The molecule has 0 N–H and O–H groups in total. The van der Waals surface area contributed by atoms with E-state index in [-0.39, 0.29) is 0 Å². The van der Waals surface area contributed by atoms with E-state index < -0.39 is 0 Å². The Morgan fingerprint density at radius 3 is 2.50 bits per heavy atom. The summed E-state index contributed by atoms with van der Waals surface area (Å²) in [6.45, 7) is 0. The lowest BCUT2D eigenvalue weighted by atomic mass is 10.6. The second-order valence-corrected chi connectivity index (χ2v) is 0.842. The third kappa shape index (κ3) is 0.516. The van der Waals surface area contributed by atoms with Crippen LogP contribution in [0.3, 0.4) is 0 Å². The van der Waals surface area contributed by atoms with Gasteiger partial charge in [-0.1, -0.05) is 0 Å². The average molecular weight is 79.1 g/mol. The zero-order chi connectivity index (χ0) is 4.24. The van der Waals surface area contributed by atoms with Crippen LogP contribution in [0.15, 0.2) is 18.5 Å². The van der Waals surface area contributed by atoms with E-state index in [0.29, 0.717) is 0 Å². The Labute approximate surface area is 35.8 Å². The first-order chi connectivity index (χ1) is 3.00. The molecule has 0 aliphatic heterocycles. The molecular formula is C4H3N2. The predicted molar refractivity (Wildman–Crippen MR) is 20.9 cm³/mol. The summed E-state index contributed by atoms with van der Waals surface area (Å²) < 4.78 is 0. The molecule has 0 amide bonds. The fourth-order valence-corrected chi connectivity index (χ4v) is 0.225. The maximum absolute atomic E-state index is 3.50. The summed E-state index contributed by atoms with van der Waals surface area (Å²) in [7, 11) is 0. The Bertz CT molecular complexity index is 77.5. The topological polar surface area (TPSA) is 25.8 Å². The molecule has 0 aliphatic carbocycles. The van der Waals surface area contributed by atoms with Gasteiger partial charge >= 0.3 is 0 Å². The van der Waals surface area contributed by atoms with Crippen LogP contribution in [-0.2, 0) is 0 Å². The van der Waals surface area contributed by atoms with Gasteiger partial charge in [0.2, 0.25) is 0 Å². The minimum absolute atomic E-state index is 1.51. The van der Waals surface area contributed by atoms with Crippen LogP contribution in [0.1, 0.15) is 0 Å². The van der Waals surface area contributed by atoms with Gasteiger partial charge in [0.15, 0.2) is 0 Å². The fourth-order valence-electron chi connectivity index (χ4n) is 0.225. The van der Waals surface area contributed by atoms with Crippen molar-refractivity contribution in [2.45, 2.75) is 0 Å². The summed E-state index contributed by atoms with van der Waals surface area (Å²) in [5, 5.41) is 6.98. The van der Waals surface area contributed by atoms with Crippen molar-refractivity contribution in [3.05, 3.63) is 24.5 Å². The second-order valence-electron chi connectivity index (χ2n) is 0.842. The first kappa shape index (κ1) is 3.28. The molecule has 1 radical (unpaired) electrons. The van der Waals surface area contributed by atoms with Gasteiger partial charge in [-0.05, 0) is 6.07 Å². The maximum atomic E-state index is 3.50. The Morgan fingerprint density at radius 2 is 2.33 bits per heavy atom. The second kappa shape index (κ2) is 1.50. The van der Waals surface area contributed by atoms with Crippen LogP contribution < -0.4 is 0 Å². The quantitative estimate of drug-likeness (QED) is 0.446. The molecule has 0 unspecified atom stereocenters. The van der Waals surface area contributed by atoms with Gasteiger partial charge in [-0.3, -0.25) is 0 Å². The minimum Gasteiger partial charge on any atom is -0.159 e. The van der Waals surface area contributed by atoms with Gasteiger partial charge < -0.3 is 0 Å². The summed E-state index contributed by atoms with van der Waals surface area (Å²) in [6.07, 6.45) is 3.10. The van der Waals surface area contributed by atoms with E-state index in [1.807, 2.05) is 0 Å². The van der Waals surface area contributed by atoms with E-state index in [1.54, 1.807) is 12.3 Å². The van der Waals surface area contributed by atoms with Gasteiger partial charge in [0.05, 0.1) is 12.4 Å². The molecule has 29 valence electrons. The SMILES string of the molecule is [c]1ccnnc1. The molecule has 0 spiro atoms. The average Bonchev–Trinajstić information content (AvgIpc) is 1.72. The van der Waals surface area contributed by atoms with Crippen LogP contribution in [-0.4, -0.2) is 10.2 Å². The Kier molecular flexibility index (Phi) is 0.819. The van der Waals surface area contributed by atoms with Crippen LogP contribution >= 0.6 is 0 Å². The zero-order valence-corrected chi connectivity index (χ0v) is 3.13. The lowest BCUT2D eigenvalue weighted by molar-refractivity contribution is 1.03. The lowest BCUT2D eigenvalue weighted by Gasteiger charge is -1.68. The minimum atomic E-state index is 1.51. The van der Waals surface area contributed by atoms with Crippen molar-refractivity contribution in [3.8, 4) is 0 Å². The van der Waals surface area contributed by atoms with Gasteiger partial charge in [-0.15, -0.1) is 0 Å². The van der Waals surface area contributed by atoms with E-state index >= 15 is 0 Å². The van der Waals surface area contributed by atoms with Crippen molar-refractivity contribution in [2.24, 2.45) is 0 Å². The molecule has 0 fully saturated rings. The molecule has 1 aromatic heterocycles. The summed E-state index contributed by atoms with van der Waals surface area (Å²) in [5.41, 5.74) is 0. The highest BCUT2D eigenvalue weighted by atomic mass is 15.1. The van der Waals surface area contributed by atoms with Crippen LogP contribution in [0.4, 0.5) is 0 Å². The maximum Gasteiger partial charge on any atom is 0.0575 e. The molecule has 0 aliphatic rings. The van der Waals surface area contributed by atoms with E-state index in [2.05, 4.69) is 16.3 Å². The highest BCUT2D eigenvalue weighted by Crippen LogP contribution is 1.66. The van der Waals surface area contributed by atoms with Crippen LogP contribution in [0.25, 0.3) is 0 Å². The molecule has 0 saturated carbocycles. The van der Waals surface area contributed by atoms with E-state index in [0.717, 1.165) is 0 Å². The summed E-state index contributed by atoms with van der Waals surface area (Å²) in [4.78, 5) is 0. The van der Waals surface area contributed by atoms with Gasteiger partial charge in [0.1, 0.15) is 0 Å². The number of hydrogen-bond donors (Lipinski definition) is 0. The summed E-state index contributed by atoms with van der Waals surface area (Å²) >= 11 is 0. The molecule has 0 atom stereocenters. The normalized spacial score (nSPS) is 8.00. The molecule has 1 aromatic rings. The van der Waals surface area contributed by atoms with Gasteiger partial charge in [0, 0.05) is 6.07 Å². The van der Waals surface area contributed by atoms with E-state index in [4.69, 9.17) is 0 Å². The van der Waals surface area contributed by atoms with Gasteiger partial charge in [0.25, 0.3) is 0 Å². The molecule has 1 heterocycles. The van der Waals surface area contributed by atoms with Crippen molar-refractivity contribution in [2.75, 3.05) is 0 Å². The third-order valence-corrected chi connectivity index (χ3v) is 0.436.